The highest BCUT2D eigenvalue weighted by molar-refractivity contribution is 7.89. The van der Waals surface area contributed by atoms with Crippen LogP contribution in [0.2, 0.25) is 0 Å². The number of nitrogens with one attached hydrogen (secondary N) is 1. The highest BCUT2D eigenvalue weighted by atomic mass is 32.2. The van der Waals surface area contributed by atoms with Crippen molar-refractivity contribution < 1.29 is 13.2 Å². The summed E-state index contributed by atoms with van der Waals surface area (Å²) in [6, 6.07) is 4.11. The number of thiophene rings is 1. The van der Waals surface area contributed by atoms with Crippen LogP contribution >= 0.6 is 11.3 Å². The molecule has 40 heavy (non-hydrogen) atoms. The van der Waals surface area contributed by atoms with E-state index in [4.69, 9.17) is 4.98 Å². The van der Waals surface area contributed by atoms with Gasteiger partial charge in [-0.25, -0.2) is 18.4 Å². The van der Waals surface area contributed by atoms with Crippen LogP contribution in [0.4, 0.5) is 11.6 Å². The number of anilines is 2. The highest BCUT2D eigenvalue weighted by Crippen LogP contribution is 2.37. The zero-order chi connectivity index (χ0) is 28.5. The number of hydrogen-bond acceptors (Lipinski definition) is 10. The number of amides is 1. The Kier molecular flexibility index (Phi) is 7.58. The van der Waals surface area contributed by atoms with Gasteiger partial charge in [0, 0.05) is 58.1 Å². The third-order valence-corrected chi connectivity index (χ3v) is 9.60. The summed E-state index contributed by atoms with van der Waals surface area (Å²) >= 11 is 1.52. The Labute approximate surface area is 236 Å². The molecule has 4 aromatic heterocycles. The maximum Gasteiger partial charge on any atom is 0.228 e. The van der Waals surface area contributed by atoms with E-state index < -0.39 is 15.6 Å². The van der Waals surface area contributed by atoms with Gasteiger partial charge in [-0.2, -0.15) is 19.8 Å². The molecule has 0 atom stereocenters. The molecule has 1 N–H and O–H groups in total. The lowest BCUT2D eigenvalue weighted by atomic mass is 9.89. The molecule has 1 saturated heterocycles. The lowest BCUT2D eigenvalue weighted by Gasteiger charge is -2.47. The third kappa shape index (κ3) is 5.42. The standard InChI is InChI=1S/C25H30N10O3S2/c1-4-40(37,38)34-16-25(17-34,8-9-26)35-14-18(12-28-35)22-23-20(7-11-39-23)30-24(31-22)29-19-13-27-33(15-19)10-5-6-21(36)32(2)3/h7,11-15H,4-6,8,10,16-17H2,1-3H3,(H,29,30,31). The molecular formula is C25H30N10O3S2. The fourth-order valence-electron chi connectivity index (χ4n) is 4.59. The Morgan fingerprint density at radius 3 is 2.75 bits per heavy atom. The van der Waals surface area contributed by atoms with Crippen LogP contribution in [0.5, 0.6) is 0 Å². The Balaban J connectivity index is 1.36. The molecule has 5 rings (SSSR count). The number of aromatic nitrogens is 6. The van der Waals surface area contributed by atoms with Gasteiger partial charge in [0.2, 0.25) is 21.9 Å². The van der Waals surface area contributed by atoms with Crippen molar-refractivity contribution in [2.75, 3.05) is 38.3 Å². The molecule has 13 nitrogen and oxygen atoms in total. The second-order valence-electron chi connectivity index (χ2n) is 9.94. The average molecular weight is 583 g/mol. The molecular weight excluding hydrogens is 552 g/mol. The van der Waals surface area contributed by atoms with Crippen LogP contribution in [-0.4, -0.2) is 86.0 Å². The number of aryl methyl sites for hydroxylation is 1. The molecule has 0 saturated carbocycles. The summed E-state index contributed by atoms with van der Waals surface area (Å²) in [6.07, 6.45) is 8.32. The maximum absolute atomic E-state index is 12.3. The largest absolute Gasteiger partial charge is 0.349 e. The Bertz CT molecular complexity index is 1680. The van der Waals surface area contributed by atoms with Crippen LogP contribution in [0, 0.1) is 11.3 Å². The third-order valence-electron chi connectivity index (χ3n) is 6.92. The van der Waals surface area contributed by atoms with Crippen molar-refractivity contribution in [2.24, 2.45) is 0 Å². The first-order valence-electron chi connectivity index (χ1n) is 12.8. The molecule has 0 aromatic carbocycles. The molecule has 210 valence electrons. The number of nitriles is 1. The maximum atomic E-state index is 12.3. The molecule has 4 aromatic rings. The minimum absolute atomic E-state index is 0.0160. The number of sulfonamides is 1. The van der Waals surface area contributed by atoms with Crippen molar-refractivity contribution in [2.45, 2.75) is 38.3 Å². The van der Waals surface area contributed by atoms with Crippen molar-refractivity contribution in [3.8, 4) is 17.3 Å². The van der Waals surface area contributed by atoms with Crippen molar-refractivity contribution in [3.63, 3.8) is 0 Å². The quantitative estimate of drug-likeness (QED) is 0.281. The molecule has 1 fully saturated rings. The van der Waals surface area contributed by atoms with Crippen LogP contribution in [-0.2, 0) is 26.9 Å². The molecule has 0 aliphatic carbocycles. The zero-order valence-electron chi connectivity index (χ0n) is 22.5. The van der Waals surface area contributed by atoms with E-state index in [0.717, 1.165) is 21.5 Å². The summed E-state index contributed by atoms with van der Waals surface area (Å²) in [7, 11) is 0.146. The fraction of sp³-hybridized carbons (Fsp3) is 0.440. The van der Waals surface area contributed by atoms with E-state index in [9.17, 15) is 18.5 Å². The molecule has 0 radical (unpaired) electrons. The Morgan fingerprint density at radius 1 is 1.23 bits per heavy atom. The summed E-state index contributed by atoms with van der Waals surface area (Å²) < 4.78 is 30.4. The zero-order valence-corrected chi connectivity index (χ0v) is 24.1. The first-order valence-corrected chi connectivity index (χ1v) is 15.3. The van der Waals surface area contributed by atoms with Crippen LogP contribution < -0.4 is 5.32 Å². The van der Waals surface area contributed by atoms with Crippen LogP contribution in [0.1, 0.15) is 26.2 Å². The topological polar surface area (TPSA) is 155 Å². The summed E-state index contributed by atoms with van der Waals surface area (Å²) in [4.78, 5) is 22.8. The number of nitrogens with zero attached hydrogens (tertiary/aromatic N) is 9. The molecule has 0 bridgehead atoms. The van der Waals surface area contributed by atoms with E-state index in [-0.39, 0.29) is 31.2 Å². The molecule has 1 amide bonds. The monoisotopic (exact) mass is 582 g/mol. The first kappa shape index (κ1) is 27.7. The minimum Gasteiger partial charge on any atom is -0.349 e. The van der Waals surface area contributed by atoms with Crippen molar-refractivity contribution in [1.29, 1.82) is 5.26 Å². The van der Waals surface area contributed by atoms with E-state index in [1.807, 2.05) is 23.8 Å². The second kappa shape index (κ2) is 11.0. The number of carbonyl (C=O) groups is 1. The van der Waals surface area contributed by atoms with E-state index >= 15 is 0 Å². The predicted octanol–water partition coefficient (Wildman–Crippen LogP) is 2.64. The van der Waals surface area contributed by atoms with Crippen molar-refractivity contribution in [3.05, 3.63) is 36.2 Å². The van der Waals surface area contributed by atoms with Crippen LogP contribution in [0.3, 0.4) is 0 Å². The summed E-state index contributed by atoms with van der Waals surface area (Å²) in [5, 5.41) is 23.5. The summed E-state index contributed by atoms with van der Waals surface area (Å²) in [5.74, 6) is 0.492. The summed E-state index contributed by atoms with van der Waals surface area (Å²) in [5.41, 5.74) is 2.20. The van der Waals surface area contributed by atoms with E-state index in [1.54, 1.807) is 47.7 Å². The molecule has 0 unspecified atom stereocenters. The van der Waals surface area contributed by atoms with Gasteiger partial charge in [0.05, 0.1) is 52.2 Å². The van der Waals surface area contributed by atoms with Gasteiger partial charge in [-0.3, -0.25) is 14.2 Å². The van der Waals surface area contributed by atoms with Gasteiger partial charge >= 0.3 is 0 Å². The normalized spacial score (nSPS) is 15.1. The SMILES string of the molecule is CCS(=O)(=O)N1CC(CC#N)(n2cc(-c3nc(Nc4cnn(CCCC(=O)N(C)C)c4)nc4ccsc34)cn2)C1. The second-order valence-corrected chi connectivity index (χ2v) is 13.1. The van der Waals surface area contributed by atoms with Gasteiger partial charge in [0.25, 0.3) is 0 Å². The lowest BCUT2D eigenvalue weighted by molar-refractivity contribution is -0.128. The minimum atomic E-state index is -3.34. The molecule has 1 aliphatic rings. The summed E-state index contributed by atoms with van der Waals surface area (Å²) in [6.45, 7) is 2.63. The van der Waals surface area contributed by atoms with Gasteiger partial charge in [0.1, 0.15) is 5.54 Å². The Morgan fingerprint density at radius 2 is 2.02 bits per heavy atom. The molecule has 5 heterocycles. The van der Waals surface area contributed by atoms with Gasteiger partial charge in [-0.1, -0.05) is 0 Å². The van der Waals surface area contributed by atoms with E-state index in [1.165, 1.54) is 15.6 Å². The highest BCUT2D eigenvalue weighted by Gasteiger charge is 2.49. The molecule has 1 aliphatic heterocycles. The molecule has 15 heteroatoms. The van der Waals surface area contributed by atoms with Crippen LogP contribution in [0.25, 0.3) is 21.5 Å². The lowest BCUT2D eigenvalue weighted by Crippen LogP contribution is -2.64. The predicted molar refractivity (Wildman–Crippen MR) is 151 cm³/mol. The van der Waals surface area contributed by atoms with Crippen molar-refractivity contribution in [1.82, 2.24) is 38.7 Å². The van der Waals surface area contributed by atoms with Gasteiger partial charge in [-0.05, 0) is 24.8 Å². The van der Waals surface area contributed by atoms with E-state index in [0.29, 0.717) is 31.0 Å². The van der Waals surface area contributed by atoms with Gasteiger partial charge in [0.15, 0.2) is 0 Å². The average Bonchev–Trinajstić information content (AvgIpc) is 3.67. The molecule has 0 spiro atoms. The smallest absolute Gasteiger partial charge is 0.228 e. The van der Waals surface area contributed by atoms with Crippen molar-refractivity contribution >= 4 is 49.1 Å². The fourth-order valence-corrected chi connectivity index (χ4v) is 6.67. The first-order chi connectivity index (χ1) is 19.1. The number of hydrogen-bond donors (Lipinski definition) is 1. The van der Waals surface area contributed by atoms with Gasteiger partial charge < -0.3 is 10.2 Å². The van der Waals surface area contributed by atoms with E-state index in [2.05, 4.69) is 26.6 Å². The number of fused-ring (bicyclic) bond motifs is 1. The number of carbonyl (C=O) groups excluding carboxylic acids is 1. The number of rotatable bonds is 11. The van der Waals surface area contributed by atoms with Gasteiger partial charge in [-0.15, -0.1) is 11.3 Å². The van der Waals surface area contributed by atoms with Crippen LogP contribution in [0.15, 0.2) is 36.2 Å². The Hall–Kier alpha value is -3.87.